The Labute approximate surface area is 90.6 Å². The Kier molecular flexibility index (Phi) is 6.66. The van der Waals surface area contributed by atoms with Gasteiger partial charge in [0.25, 0.3) is 0 Å². The maximum atomic E-state index is 12.4. The van der Waals surface area contributed by atoms with Crippen molar-refractivity contribution in [1.82, 2.24) is 0 Å². The highest BCUT2D eigenvalue weighted by Gasteiger charge is 2.35. The molecule has 0 saturated carbocycles. The van der Waals surface area contributed by atoms with Gasteiger partial charge in [-0.1, -0.05) is 25.3 Å². The molecule has 92 valence electrons. The maximum absolute atomic E-state index is 12.4. The standard InChI is InChI=1S/C8H17F5Si2/c1-8(9,10)14-6-4-2-3-5-7-15(11,12)13/h2-7,14H2,1H3. The van der Waals surface area contributed by atoms with E-state index < -0.39 is 30.2 Å². The van der Waals surface area contributed by atoms with Crippen molar-refractivity contribution in [3.05, 3.63) is 0 Å². The second kappa shape index (κ2) is 6.62. The van der Waals surface area contributed by atoms with Gasteiger partial charge in [0.1, 0.15) is 9.52 Å². The molecule has 0 aromatic carbocycles. The molecule has 0 unspecified atom stereocenters. The number of alkyl halides is 2. The lowest BCUT2D eigenvalue weighted by molar-refractivity contribution is 0.113. The number of hydrogen-bond donors (Lipinski definition) is 0. The summed E-state index contributed by atoms with van der Waals surface area (Å²) in [5.74, 6) is 0. The molecule has 0 aliphatic heterocycles. The fourth-order valence-electron chi connectivity index (χ4n) is 1.29. The highest BCUT2D eigenvalue weighted by atomic mass is 28.5. The van der Waals surface area contributed by atoms with E-state index in [4.69, 9.17) is 0 Å². The van der Waals surface area contributed by atoms with Crippen molar-refractivity contribution in [1.29, 1.82) is 0 Å². The molecule has 0 fully saturated rings. The molecule has 0 aromatic heterocycles. The first-order valence-electron chi connectivity index (χ1n) is 5.15. The van der Waals surface area contributed by atoms with Gasteiger partial charge in [-0.15, -0.1) is 0 Å². The first-order valence-corrected chi connectivity index (χ1v) is 8.70. The molecule has 0 bridgehead atoms. The Balaban J connectivity index is 3.20. The van der Waals surface area contributed by atoms with Gasteiger partial charge < -0.3 is 0 Å². The van der Waals surface area contributed by atoms with Crippen LogP contribution in [0.1, 0.15) is 32.6 Å². The van der Waals surface area contributed by atoms with Gasteiger partial charge in [0.2, 0.25) is 5.55 Å². The summed E-state index contributed by atoms with van der Waals surface area (Å²) >= 11 is 0. The summed E-state index contributed by atoms with van der Waals surface area (Å²) in [5.41, 5.74) is -2.50. The van der Waals surface area contributed by atoms with Gasteiger partial charge in [0.05, 0.1) is 0 Å². The highest BCUT2D eigenvalue weighted by Crippen LogP contribution is 2.20. The Hall–Kier alpha value is 0.0838. The van der Waals surface area contributed by atoms with Gasteiger partial charge in [-0.3, -0.25) is 0 Å². The number of hydrogen-bond acceptors (Lipinski definition) is 0. The molecule has 0 saturated heterocycles. The molecule has 0 N–H and O–H groups in total. The average molecular weight is 264 g/mol. The van der Waals surface area contributed by atoms with E-state index in [1.807, 2.05) is 0 Å². The minimum Gasteiger partial charge on any atom is -0.238 e. The van der Waals surface area contributed by atoms with Crippen molar-refractivity contribution < 1.29 is 21.1 Å². The molecule has 0 amide bonds. The monoisotopic (exact) mass is 264 g/mol. The predicted octanol–water partition coefficient (Wildman–Crippen LogP) is 3.59. The largest absolute Gasteiger partial charge is 0.616 e. The normalized spacial score (nSPS) is 14.0. The molecule has 0 nitrogen and oxygen atoms in total. The molecule has 15 heavy (non-hydrogen) atoms. The van der Waals surface area contributed by atoms with E-state index in [2.05, 4.69) is 0 Å². The third-order valence-corrected chi connectivity index (χ3v) is 4.73. The summed E-state index contributed by atoms with van der Waals surface area (Å²) in [7, 11) is -6.73. The molecule has 0 aliphatic carbocycles. The second-order valence-electron chi connectivity index (χ2n) is 3.95. The van der Waals surface area contributed by atoms with Crippen LogP contribution < -0.4 is 0 Å². The summed E-state index contributed by atoms with van der Waals surface area (Å²) in [6.07, 6.45) is 2.03. The predicted molar refractivity (Wildman–Crippen MR) is 56.3 cm³/mol. The summed E-state index contributed by atoms with van der Waals surface area (Å²) < 4.78 is 60.2. The minimum atomic E-state index is -5.37. The average Bonchev–Trinajstić information content (AvgIpc) is 1.98. The van der Waals surface area contributed by atoms with Crippen LogP contribution in [0.2, 0.25) is 12.1 Å². The van der Waals surface area contributed by atoms with E-state index in [9.17, 15) is 21.1 Å². The third kappa shape index (κ3) is 14.1. The van der Waals surface area contributed by atoms with Gasteiger partial charge in [-0.25, -0.2) is 21.1 Å². The van der Waals surface area contributed by atoms with E-state index in [0.717, 1.165) is 6.92 Å². The topological polar surface area (TPSA) is 0 Å². The molecule has 0 aromatic rings. The van der Waals surface area contributed by atoms with Gasteiger partial charge in [-0.2, -0.15) is 0 Å². The molecule has 0 atom stereocenters. The van der Waals surface area contributed by atoms with Crippen molar-refractivity contribution in [3.8, 4) is 0 Å². The summed E-state index contributed by atoms with van der Waals surface area (Å²) in [4.78, 5) is 0. The number of unbranched alkanes of at least 4 members (excludes halogenated alkanes) is 3. The lowest BCUT2D eigenvalue weighted by Crippen LogP contribution is -2.19. The molecule has 7 heteroatoms. The van der Waals surface area contributed by atoms with Crippen LogP contribution in [0.3, 0.4) is 0 Å². The highest BCUT2D eigenvalue weighted by molar-refractivity contribution is 6.58. The molecular formula is C8H17F5Si2. The summed E-state index contributed by atoms with van der Waals surface area (Å²) in [6.45, 7) is 0.925. The van der Waals surface area contributed by atoms with E-state index in [-0.39, 0.29) is 6.42 Å². The SMILES string of the molecule is CC(F)(F)[SiH2]CCCCCC[Si](F)(F)F. The van der Waals surface area contributed by atoms with Crippen molar-refractivity contribution in [2.45, 2.75) is 50.2 Å². The van der Waals surface area contributed by atoms with Crippen molar-refractivity contribution in [2.75, 3.05) is 0 Å². The number of halogens is 5. The molecule has 0 aliphatic rings. The fourth-order valence-corrected chi connectivity index (χ4v) is 3.17. The first kappa shape index (κ1) is 15.1. The van der Waals surface area contributed by atoms with E-state index >= 15 is 0 Å². The Morgan fingerprint density at radius 3 is 2.00 bits per heavy atom. The molecule has 0 heterocycles. The van der Waals surface area contributed by atoms with E-state index in [1.54, 1.807) is 0 Å². The van der Waals surface area contributed by atoms with Gasteiger partial charge in [0.15, 0.2) is 0 Å². The lowest BCUT2D eigenvalue weighted by Gasteiger charge is -2.08. The van der Waals surface area contributed by atoms with Crippen LogP contribution in [0.4, 0.5) is 21.1 Å². The van der Waals surface area contributed by atoms with Crippen LogP contribution in [0.5, 0.6) is 0 Å². The first-order chi connectivity index (χ1) is 6.71. The maximum Gasteiger partial charge on any atom is 0.616 e. The van der Waals surface area contributed by atoms with Crippen LogP contribution in [-0.2, 0) is 0 Å². The van der Waals surface area contributed by atoms with Gasteiger partial charge >= 0.3 is 9.08 Å². The summed E-state index contributed by atoms with van der Waals surface area (Å²) in [6, 6.07) is -0.0820. The van der Waals surface area contributed by atoms with Crippen LogP contribution in [0, 0.1) is 0 Å². The smallest absolute Gasteiger partial charge is 0.238 e. The Morgan fingerprint density at radius 2 is 1.53 bits per heavy atom. The van der Waals surface area contributed by atoms with Crippen molar-refractivity contribution >= 4 is 18.6 Å². The van der Waals surface area contributed by atoms with Gasteiger partial charge in [-0.05, 0) is 13.3 Å². The molecule has 0 rings (SSSR count). The Bertz CT molecular complexity index is 145. The number of rotatable bonds is 8. The van der Waals surface area contributed by atoms with Crippen molar-refractivity contribution in [2.24, 2.45) is 0 Å². The van der Waals surface area contributed by atoms with Gasteiger partial charge in [0, 0.05) is 6.04 Å². The van der Waals surface area contributed by atoms with E-state index in [0.29, 0.717) is 25.3 Å². The van der Waals surface area contributed by atoms with Crippen LogP contribution in [-0.4, -0.2) is 24.1 Å². The lowest BCUT2D eigenvalue weighted by atomic mass is 10.2. The molecular weight excluding hydrogens is 247 g/mol. The van der Waals surface area contributed by atoms with Crippen LogP contribution in [0.25, 0.3) is 0 Å². The summed E-state index contributed by atoms with van der Waals surface area (Å²) in [5, 5.41) is 0. The third-order valence-electron chi connectivity index (χ3n) is 2.08. The minimum absolute atomic E-state index is 0.180. The van der Waals surface area contributed by atoms with E-state index in [1.165, 1.54) is 0 Å². The zero-order valence-corrected chi connectivity index (χ0v) is 11.3. The van der Waals surface area contributed by atoms with Crippen LogP contribution >= 0.6 is 0 Å². The fraction of sp³-hybridized carbons (Fsp3) is 1.00. The second-order valence-corrected chi connectivity index (χ2v) is 8.13. The molecule has 0 radical (unpaired) electrons. The Morgan fingerprint density at radius 1 is 1.00 bits per heavy atom. The zero-order chi connectivity index (χ0) is 11.9. The van der Waals surface area contributed by atoms with Crippen LogP contribution in [0.15, 0.2) is 0 Å². The molecule has 0 spiro atoms. The van der Waals surface area contributed by atoms with Crippen molar-refractivity contribution in [3.63, 3.8) is 0 Å². The zero-order valence-electron chi connectivity index (χ0n) is 8.84. The quantitative estimate of drug-likeness (QED) is 0.272.